The van der Waals surface area contributed by atoms with Crippen LogP contribution in [0.25, 0.3) is 0 Å². The van der Waals surface area contributed by atoms with Gasteiger partial charge in [-0.3, -0.25) is 0 Å². The lowest BCUT2D eigenvalue weighted by atomic mass is 10.1. The topological polar surface area (TPSA) is 44.2 Å². The minimum Gasteiger partial charge on any atom is -0.439 e. The summed E-state index contributed by atoms with van der Waals surface area (Å²) in [6.45, 7) is 6.87. The van der Waals surface area contributed by atoms with Crippen molar-refractivity contribution in [1.82, 2.24) is 9.97 Å². The Morgan fingerprint density at radius 1 is 1.15 bits per heavy atom. The number of rotatable bonds is 5. The molecule has 0 aliphatic heterocycles. The lowest BCUT2D eigenvalue weighted by Crippen LogP contribution is -2.01. The average Bonchev–Trinajstić information content (AvgIpc) is 2.39. The van der Waals surface area contributed by atoms with Gasteiger partial charge in [0, 0.05) is 12.7 Å². The van der Waals surface area contributed by atoms with Crippen molar-refractivity contribution in [2.24, 2.45) is 0 Å². The van der Waals surface area contributed by atoms with Gasteiger partial charge in [-0.1, -0.05) is 29.3 Å². The molecule has 5 heteroatoms. The Hall–Kier alpha value is -1.65. The first-order valence-corrected chi connectivity index (χ1v) is 6.82. The maximum absolute atomic E-state index is 5.97. The molecular formula is C15H17ClN2O2. The Morgan fingerprint density at radius 3 is 2.65 bits per heavy atom. The van der Waals surface area contributed by atoms with Crippen molar-refractivity contribution in [3.05, 3.63) is 46.4 Å². The van der Waals surface area contributed by atoms with E-state index in [4.69, 9.17) is 21.1 Å². The first-order chi connectivity index (χ1) is 9.58. The molecule has 1 aromatic heterocycles. The van der Waals surface area contributed by atoms with Crippen molar-refractivity contribution < 1.29 is 9.47 Å². The first kappa shape index (κ1) is 14.8. The summed E-state index contributed by atoms with van der Waals surface area (Å²) in [4.78, 5) is 8.39. The molecule has 0 aliphatic carbocycles. The molecule has 0 N–H and O–H groups in total. The number of ether oxygens (including phenoxy) is 2. The number of benzene rings is 1. The molecule has 1 aromatic carbocycles. The molecule has 0 aliphatic rings. The highest BCUT2D eigenvalue weighted by molar-refractivity contribution is 6.29. The van der Waals surface area contributed by atoms with E-state index in [0.717, 1.165) is 11.3 Å². The molecule has 0 fully saturated rings. The summed E-state index contributed by atoms with van der Waals surface area (Å²) in [5.41, 5.74) is 2.23. The summed E-state index contributed by atoms with van der Waals surface area (Å²) >= 11 is 5.97. The van der Waals surface area contributed by atoms with Crippen LogP contribution in [-0.2, 0) is 11.3 Å². The molecule has 2 rings (SSSR count). The van der Waals surface area contributed by atoms with Crippen LogP contribution in [0.1, 0.15) is 23.9 Å². The van der Waals surface area contributed by atoms with Crippen LogP contribution in [0.3, 0.4) is 0 Å². The number of aromatic nitrogens is 2. The summed E-state index contributed by atoms with van der Waals surface area (Å²) in [6.07, 6.45) is 0. The van der Waals surface area contributed by atoms with E-state index in [9.17, 15) is 0 Å². The molecule has 0 saturated carbocycles. The summed E-state index contributed by atoms with van der Waals surface area (Å²) in [5.74, 6) is 1.69. The Morgan fingerprint density at radius 2 is 1.95 bits per heavy atom. The molecule has 0 amide bonds. The summed E-state index contributed by atoms with van der Waals surface area (Å²) in [6, 6.07) is 7.56. The zero-order valence-electron chi connectivity index (χ0n) is 11.8. The fourth-order valence-electron chi connectivity index (χ4n) is 1.78. The molecule has 0 atom stereocenters. The van der Waals surface area contributed by atoms with E-state index in [1.165, 1.54) is 5.56 Å². The predicted octanol–water partition coefficient (Wildman–Crippen LogP) is 4.08. The lowest BCUT2D eigenvalue weighted by Gasteiger charge is -2.10. The van der Waals surface area contributed by atoms with E-state index in [1.807, 2.05) is 32.9 Å². The van der Waals surface area contributed by atoms with Crippen molar-refractivity contribution in [3.63, 3.8) is 0 Å². The minimum atomic E-state index is 0.320. The van der Waals surface area contributed by atoms with Crippen LogP contribution in [0.15, 0.2) is 24.3 Å². The second-order valence-electron chi connectivity index (χ2n) is 4.45. The molecule has 2 aromatic rings. The molecule has 0 unspecified atom stereocenters. The van der Waals surface area contributed by atoms with E-state index in [0.29, 0.717) is 30.1 Å². The van der Waals surface area contributed by atoms with Crippen LogP contribution in [0, 0.1) is 13.8 Å². The zero-order chi connectivity index (χ0) is 14.5. The number of nitrogens with zero attached hydrogens (tertiary/aromatic N) is 2. The van der Waals surface area contributed by atoms with Gasteiger partial charge in [-0.2, -0.15) is 4.98 Å². The van der Waals surface area contributed by atoms with Gasteiger partial charge in [0.2, 0.25) is 5.88 Å². The molecule has 4 nitrogen and oxygen atoms in total. The summed E-state index contributed by atoms with van der Waals surface area (Å²) < 4.78 is 11.1. The van der Waals surface area contributed by atoms with Gasteiger partial charge in [-0.25, -0.2) is 4.98 Å². The average molecular weight is 293 g/mol. The third-order valence-corrected chi connectivity index (χ3v) is 2.89. The molecule has 0 radical (unpaired) electrons. The van der Waals surface area contributed by atoms with Gasteiger partial charge in [0.25, 0.3) is 0 Å². The van der Waals surface area contributed by atoms with Crippen molar-refractivity contribution in [2.75, 3.05) is 6.61 Å². The third kappa shape index (κ3) is 3.92. The highest BCUT2D eigenvalue weighted by Gasteiger charge is 2.07. The highest BCUT2D eigenvalue weighted by Crippen LogP contribution is 2.25. The Bertz CT molecular complexity index is 602. The standard InChI is InChI=1S/C15H17ClN2O2/c1-4-19-9-14-17-13(16)8-15(18-14)20-12-6-5-10(2)7-11(12)3/h5-8H,4,9H2,1-3H3. The molecule has 1 heterocycles. The van der Waals surface area contributed by atoms with Gasteiger partial charge in [0.15, 0.2) is 5.82 Å². The van der Waals surface area contributed by atoms with Crippen molar-refractivity contribution in [3.8, 4) is 11.6 Å². The fraction of sp³-hybridized carbons (Fsp3) is 0.333. The minimum absolute atomic E-state index is 0.320. The van der Waals surface area contributed by atoms with Gasteiger partial charge in [-0.15, -0.1) is 0 Å². The predicted molar refractivity (Wildman–Crippen MR) is 78.4 cm³/mol. The van der Waals surface area contributed by atoms with Crippen LogP contribution < -0.4 is 4.74 Å². The van der Waals surface area contributed by atoms with E-state index in [1.54, 1.807) is 6.07 Å². The van der Waals surface area contributed by atoms with Crippen LogP contribution >= 0.6 is 11.6 Å². The molecular weight excluding hydrogens is 276 g/mol. The highest BCUT2D eigenvalue weighted by atomic mass is 35.5. The van der Waals surface area contributed by atoms with Gasteiger partial charge >= 0.3 is 0 Å². The van der Waals surface area contributed by atoms with Crippen molar-refractivity contribution in [1.29, 1.82) is 0 Å². The largest absolute Gasteiger partial charge is 0.439 e. The first-order valence-electron chi connectivity index (χ1n) is 6.45. The van der Waals surface area contributed by atoms with Gasteiger partial charge in [0.05, 0.1) is 0 Å². The molecule has 0 saturated heterocycles. The molecule has 0 spiro atoms. The Kier molecular flexibility index (Phi) is 4.93. The fourth-order valence-corrected chi connectivity index (χ4v) is 1.97. The van der Waals surface area contributed by atoms with Crippen LogP contribution in [0.4, 0.5) is 0 Å². The summed E-state index contributed by atoms with van der Waals surface area (Å²) in [5, 5.41) is 0.342. The van der Waals surface area contributed by atoms with E-state index in [2.05, 4.69) is 16.0 Å². The van der Waals surface area contributed by atoms with E-state index < -0.39 is 0 Å². The van der Waals surface area contributed by atoms with Crippen LogP contribution in [-0.4, -0.2) is 16.6 Å². The Labute approximate surface area is 123 Å². The zero-order valence-corrected chi connectivity index (χ0v) is 12.6. The van der Waals surface area contributed by atoms with Crippen LogP contribution in [0.5, 0.6) is 11.6 Å². The number of hydrogen-bond donors (Lipinski definition) is 0. The third-order valence-electron chi connectivity index (χ3n) is 2.70. The quantitative estimate of drug-likeness (QED) is 0.779. The van der Waals surface area contributed by atoms with Crippen molar-refractivity contribution >= 4 is 11.6 Å². The van der Waals surface area contributed by atoms with E-state index in [-0.39, 0.29) is 0 Å². The van der Waals surface area contributed by atoms with Crippen LogP contribution in [0.2, 0.25) is 5.15 Å². The maximum Gasteiger partial charge on any atom is 0.224 e. The van der Waals surface area contributed by atoms with Gasteiger partial charge < -0.3 is 9.47 Å². The van der Waals surface area contributed by atoms with Crippen molar-refractivity contribution in [2.45, 2.75) is 27.4 Å². The number of aryl methyl sites for hydroxylation is 2. The normalized spacial score (nSPS) is 10.6. The lowest BCUT2D eigenvalue weighted by molar-refractivity contribution is 0.128. The second kappa shape index (κ2) is 6.68. The number of halogens is 1. The molecule has 20 heavy (non-hydrogen) atoms. The van der Waals surface area contributed by atoms with Gasteiger partial charge in [0.1, 0.15) is 17.5 Å². The Balaban J connectivity index is 2.21. The van der Waals surface area contributed by atoms with E-state index >= 15 is 0 Å². The second-order valence-corrected chi connectivity index (χ2v) is 4.84. The number of hydrogen-bond acceptors (Lipinski definition) is 4. The summed E-state index contributed by atoms with van der Waals surface area (Å²) in [7, 11) is 0. The molecule has 0 bridgehead atoms. The smallest absolute Gasteiger partial charge is 0.224 e. The maximum atomic E-state index is 5.97. The molecule has 106 valence electrons. The monoisotopic (exact) mass is 292 g/mol. The van der Waals surface area contributed by atoms with Gasteiger partial charge in [-0.05, 0) is 32.4 Å². The SMILES string of the molecule is CCOCc1nc(Cl)cc(Oc2ccc(C)cc2C)n1.